The van der Waals surface area contributed by atoms with Gasteiger partial charge in [-0.05, 0) is 37.5 Å². The Morgan fingerprint density at radius 1 is 1.14 bits per heavy atom. The molecule has 0 aromatic carbocycles. The van der Waals surface area contributed by atoms with Crippen LogP contribution in [0.4, 0.5) is 0 Å². The number of aliphatic imine (C=N–C) groups is 1. The monoisotopic (exact) mass is 324 g/mol. The Labute approximate surface area is 138 Å². The molecule has 2 aliphatic heterocycles. The average Bonchev–Trinajstić information content (AvgIpc) is 2.75. The maximum atomic E-state index is 12.3. The number of amides is 1. The third kappa shape index (κ3) is 4.05. The number of amidine groups is 1. The zero-order valence-corrected chi connectivity index (χ0v) is 14.4. The van der Waals surface area contributed by atoms with Crippen molar-refractivity contribution < 1.29 is 9.53 Å². The van der Waals surface area contributed by atoms with Crippen molar-refractivity contribution in [2.75, 3.05) is 26.8 Å². The Hall–Kier alpha value is -0.550. The van der Waals surface area contributed by atoms with Crippen molar-refractivity contribution in [3.8, 4) is 0 Å². The summed E-state index contributed by atoms with van der Waals surface area (Å²) in [6.45, 7) is 2.64. The van der Waals surface area contributed by atoms with Gasteiger partial charge in [-0.15, -0.1) is 0 Å². The third-order valence-electron chi connectivity index (χ3n) is 5.21. The lowest BCUT2D eigenvalue weighted by Gasteiger charge is -2.27. The van der Waals surface area contributed by atoms with Crippen LogP contribution in [0, 0.1) is 11.8 Å². The van der Waals surface area contributed by atoms with Gasteiger partial charge in [0.1, 0.15) is 0 Å². The van der Waals surface area contributed by atoms with E-state index in [1.807, 2.05) is 0 Å². The lowest BCUT2D eigenvalue weighted by atomic mass is 9.96. The fourth-order valence-corrected chi connectivity index (χ4v) is 5.09. The van der Waals surface area contributed by atoms with E-state index in [0.717, 1.165) is 43.7 Å². The summed E-state index contributed by atoms with van der Waals surface area (Å²) >= 11 is 1.70. The van der Waals surface area contributed by atoms with Gasteiger partial charge in [0.05, 0.1) is 5.25 Å². The number of carbonyl (C=O) groups is 1. The minimum atomic E-state index is 0.0375. The molecule has 2 fully saturated rings. The van der Waals surface area contributed by atoms with Crippen molar-refractivity contribution in [2.24, 2.45) is 16.8 Å². The van der Waals surface area contributed by atoms with E-state index >= 15 is 0 Å². The molecule has 4 nitrogen and oxygen atoms in total. The zero-order valence-electron chi connectivity index (χ0n) is 13.6. The Morgan fingerprint density at radius 3 is 2.50 bits per heavy atom. The van der Waals surface area contributed by atoms with E-state index in [-0.39, 0.29) is 11.2 Å². The number of rotatable bonds is 3. The lowest BCUT2D eigenvalue weighted by Crippen LogP contribution is -2.31. The van der Waals surface area contributed by atoms with Gasteiger partial charge in [-0.2, -0.15) is 4.99 Å². The molecule has 3 aliphatic rings. The van der Waals surface area contributed by atoms with Crippen LogP contribution in [-0.4, -0.2) is 48.0 Å². The van der Waals surface area contributed by atoms with Crippen LogP contribution >= 0.6 is 11.8 Å². The third-order valence-corrected chi connectivity index (χ3v) is 6.66. The van der Waals surface area contributed by atoms with Gasteiger partial charge in [0, 0.05) is 26.8 Å². The molecular weight excluding hydrogens is 296 g/mol. The summed E-state index contributed by atoms with van der Waals surface area (Å²) in [7, 11) is 2.11. The summed E-state index contributed by atoms with van der Waals surface area (Å²) in [5.41, 5.74) is 0. The van der Waals surface area contributed by atoms with Gasteiger partial charge >= 0.3 is 0 Å². The van der Waals surface area contributed by atoms with Crippen molar-refractivity contribution in [1.29, 1.82) is 0 Å². The highest BCUT2D eigenvalue weighted by atomic mass is 32.2. The largest absolute Gasteiger partial charge is 0.381 e. The molecule has 1 amide bonds. The summed E-state index contributed by atoms with van der Waals surface area (Å²) in [5, 5.41) is 0.987. The van der Waals surface area contributed by atoms with E-state index in [1.165, 1.54) is 38.5 Å². The van der Waals surface area contributed by atoms with E-state index in [2.05, 4.69) is 16.9 Å². The Bertz CT molecular complexity index is 413. The van der Waals surface area contributed by atoms with E-state index in [0.29, 0.717) is 5.92 Å². The summed E-state index contributed by atoms with van der Waals surface area (Å²) in [6, 6.07) is 0. The average molecular weight is 324 g/mol. The quantitative estimate of drug-likeness (QED) is 0.747. The molecule has 5 heteroatoms. The molecule has 0 spiro atoms. The van der Waals surface area contributed by atoms with Gasteiger partial charge in [-0.3, -0.25) is 4.79 Å². The highest BCUT2D eigenvalue weighted by molar-refractivity contribution is 8.15. The van der Waals surface area contributed by atoms with Crippen LogP contribution in [0.5, 0.6) is 0 Å². The first-order valence-corrected chi connectivity index (χ1v) is 9.70. The van der Waals surface area contributed by atoms with Crippen LogP contribution in [0.15, 0.2) is 4.99 Å². The molecule has 1 aliphatic carbocycles. The number of thioether (sulfide) groups is 1. The Balaban J connectivity index is 1.53. The first-order valence-electron chi connectivity index (χ1n) is 8.82. The predicted octanol–water partition coefficient (Wildman–Crippen LogP) is 3.31. The number of hydrogen-bond acceptors (Lipinski definition) is 4. The zero-order chi connectivity index (χ0) is 15.4. The van der Waals surface area contributed by atoms with Crippen molar-refractivity contribution in [1.82, 2.24) is 4.90 Å². The van der Waals surface area contributed by atoms with E-state index in [9.17, 15) is 4.79 Å². The summed E-state index contributed by atoms with van der Waals surface area (Å²) in [4.78, 5) is 18.9. The SMILES string of the molecule is CN(CC1CCCCCC1)C1=NC(=O)C(C2CCOCC2)S1. The number of carbonyl (C=O) groups excluding carboxylic acids is 1. The lowest BCUT2D eigenvalue weighted by molar-refractivity contribution is -0.118. The first-order chi connectivity index (χ1) is 10.7. The van der Waals surface area contributed by atoms with Crippen LogP contribution in [0.1, 0.15) is 51.4 Å². The minimum absolute atomic E-state index is 0.0375. The molecule has 0 radical (unpaired) electrons. The van der Waals surface area contributed by atoms with Crippen LogP contribution in [0.3, 0.4) is 0 Å². The summed E-state index contributed by atoms with van der Waals surface area (Å²) in [6.07, 6.45) is 10.2. The minimum Gasteiger partial charge on any atom is -0.381 e. The highest BCUT2D eigenvalue weighted by Crippen LogP contribution is 2.35. The van der Waals surface area contributed by atoms with E-state index < -0.39 is 0 Å². The van der Waals surface area contributed by atoms with Crippen molar-refractivity contribution in [3.05, 3.63) is 0 Å². The highest BCUT2D eigenvalue weighted by Gasteiger charge is 2.37. The second-order valence-electron chi connectivity index (χ2n) is 6.96. The maximum absolute atomic E-state index is 12.3. The normalized spacial score (nSPS) is 28.5. The molecule has 22 heavy (non-hydrogen) atoms. The van der Waals surface area contributed by atoms with Crippen molar-refractivity contribution in [2.45, 2.75) is 56.6 Å². The van der Waals surface area contributed by atoms with E-state index in [4.69, 9.17) is 4.74 Å². The number of nitrogens with zero attached hydrogens (tertiary/aromatic N) is 2. The molecule has 2 heterocycles. The fourth-order valence-electron chi connectivity index (χ4n) is 3.85. The van der Waals surface area contributed by atoms with Crippen LogP contribution in [0.25, 0.3) is 0 Å². The van der Waals surface area contributed by atoms with Crippen molar-refractivity contribution >= 4 is 22.8 Å². The number of hydrogen-bond donors (Lipinski definition) is 0. The van der Waals surface area contributed by atoms with Gasteiger partial charge in [-0.25, -0.2) is 0 Å². The molecule has 0 aromatic rings. The predicted molar refractivity (Wildman–Crippen MR) is 91.2 cm³/mol. The first kappa shape index (κ1) is 16.3. The number of ether oxygens (including phenoxy) is 1. The molecule has 1 saturated carbocycles. The van der Waals surface area contributed by atoms with Crippen LogP contribution in [-0.2, 0) is 9.53 Å². The van der Waals surface area contributed by atoms with Gasteiger partial charge in [-0.1, -0.05) is 37.4 Å². The molecule has 1 saturated heterocycles. The molecule has 0 aromatic heterocycles. The standard InChI is InChI=1S/C17H28N2O2S/c1-19(12-13-6-4-2-3-5-7-13)17-18-16(20)15(22-17)14-8-10-21-11-9-14/h13-15H,2-12H2,1H3. The molecule has 124 valence electrons. The second-order valence-corrected chi connectivity index (χ2v) is 8.07. The topological polar surface area (TPSA) is 41.9 Å². The summed E-state index contributed by atoms with van der Waals surface area (Å²) in [5.74, 6) is 1.30. The molecule has 3 rings (SSSR count). The summed E-state index contributed by atoms with van der Waals surface area (Å²) < 4.78 is 5.41. The molecule has 1 atom stereocenters. The van der Waals surface area contributed by atoms with Gasteiger partial charge < -0.3 is 9.64 Å². The molecule has 0 bridgehead atoms. The van der Waals surface area contributed by atoms with Gasteiger partial charge in [0.15, 0.2) is 5.17 Å². The van der Waals surface area contributed by atoms with Crippen molar-refractivity contribution in [3.63, 3.8) is 0 Å². The van der Waals surface area contributed by atoms with Gasteiger partial charge in [0.2, 0.25) is 0 Å². The smallest absolute Gasteiger partial charge is 0.261 e. The van der Waals surface area contributed by atoms with E-state index in [1.54, 1.807) is 11.8 Å². The molecule has 0 N–H and O–H groups in total. The maximum Gasteiger partial charge on any atom is 0.261 e. The van der Waals surface area contributed by atoms with Crippen LogP contribution < -0.4 is 0 Å². The Morgan fingerprint density at radius 2 is 1.82 bits per heavy atom. The second kappa shape index (κ2) is 7.82. The molecular formula is C17H28N2O2S. The molecule has 1 unspecified atom stereocenters. The van der Waals surface area contributed by atoms with Crippen LogP contribution in [0.2, 0.25) is 0 Å². The fraction of sp³-hybridized carbons (Fsp3) is 0.882. The van der Waals surface area contributed by atoms with Gasteiger partial charge in [0.25, 0.3) is 5.91 Å². The Kier molecular flexibility index (Phi) is 5.80.